The summed E-state index contributed by atoms with van der Waals surface area (Å²) in [4.78, 5) is 21.3. The fourth-order valence-electron chi connectivity index (χ4n) is 2.33. The van der Waals surface area contributed by atoms with E-state index in [2.05, 4.69) is 5.32 Å². The molecule has 0 amide bonds. The SMILES string of the molecule is O=C(O)[C@@H]1CC[C@H](Nc2ccc(Cl)cc2[N+](=O)[O-])C1. The van der Waals surface area contributed by atoms with Crippen LogP contribution < -0.4 is 5.32 Å². The second-order valence-corrected chi connectivity index (χ2v) is 5.04. The summed E-state index contributed by atoms with van der Waals surface area (Å²) in [5.41, 5.74) is 0.289. The van der Waals surface area contributed by atoms with Crippen molar-refractivity contribution in [1.29, 1.82) is 0 Å². The zero-order chi connectivity index (χ0) is 14.0. The minimum absolute atomic E-state index is 0.0547. The molecule has 1 aromatic rings. The third kappa shape index (κ3) is 3.14. The molecule has 1 fully saturated rings. The van der Waals surface area contributed by atoms with Gasteiger partial charge in [-0.2, -0.15) is 0 Å². The van der Waals surface area contributed by atoms with E-state index in [4.69, 9.17) is 16.7 Å². The summed E-state index contributed by atoms with van der Waals surface area (Å²) in [6.45, 7) is 0. The number of benzene rings is 1. The summed E-state index contributed by atoms with van der Waals surface area (Å²) in [5, 5.41) is 23.2. The molecule has 0 bridgehead atoms. The Kier molecular flexibility index (Phi) is 3.90. The van der Waals surface area contributed by atoms with Crippen LogP contribution in [0.1, 0.15) is 19.3 Å². The molecule has 1 saturated carbocycles. The summed E-state index contributed by atoms with van der Waals surface area (Å²) in [7, 11) is 0. The number of nitrogens with one attached hydrogen (secondary N) is 1. The number of nitro benzene ring substituents is 1. The van der Waals surface area contributed by atoms with Crippen LogP contribution in [-0.2, 0) is 4.79 Å². The van der Waals surface area contributed by atoms with Crippen molar-refractivity contribution in [2.45, 2.75) is 25.3 Å². The molecule has 1 aromatic carbocycles. The van der Waals surface area contributed by atoms with Crippen LogP contribution in [0, 0.1) is 16.0 Å². The van der Waals surface area contributed by atoms with Crippen LogP contribution in [0.5, 0.6) is 0 Å². The third-order valence-corrected chi connectivity index (χ3v) is 3.53. The van der Waals surface area contributed by atoms with Gasteiger partial charge in [0.15, 0.2) is 0 Å². The Morgan fingerprint density at radius 2 is 2.21 bits per heavy atom. The molecule has 0 heterocycles. The Hall–Kier alpha value is -1.82. The zero-order valence-electron chi connectivity index (χ0n) is 10.0. The normalized spacial score (nSPS) is 22.2. The van der Waals surface area contributed by atoms with Gasteiger partial charge in [0.05, 0.1) is 10.8 Å². The highest BCUT2D eigenvalue weighted by Gasteiger charge is 2.30. The van der Waals surface area contributed by atoms with Gasteiger partial charge in [0.1, 0.15) is 5.69 Å². The van der Waals surface area contributed by atoms with Crippen LogP contribution in [0.4, 0.5) is 11.4 Å². The van der Waals surface area contributed by atoms with E-state index in [0.29, 0.717) is 30.0 Å². The van der Waals surface area contributed by atoms with Gasteiger partial charge in [-0.15, -0.1) is 0 Å². The number of carboxylic acids is 1. The first-order chi connectivity index (χ1) is 8.97. The number of nitro groups is 1. The molecule has 102 valence electrons. The first kappa shape index (κ1) is 13.6. The van der Waals surface area contributed by atoms with E-state index in [1.54, 1.807) is 12.1 Å². The van der Waals surface area contributed by atoms with Gasteiger partial charge in [-0.1, -0.05) is 11.6 Å². The van der Waals surface area contributed by atoms with Gasteiger partial charge in [-0.25, -0.2) is 0 Å². The average molecular weight is 285 g/mol. The average Bonchev–Trinajstić information content (AvgIpc) is 2.80. The zero-order valence-corrected chi connectivity index (χ0v) is 10.8. The van der Waals surface area contributed by atoms with Crippen molar-refractivity contribution < 1.29 is 14.8 Å². The maximum atomic E-state index is 10.9. The fourth-order valence-corrected chi connectivity index (χ4v) is 2.50. The Morgan fingerprint density at radius 1 is 1.47 bits per heavy atom. The van der Waals surface area contributed by atoms with Crippen LogP contribution in [0.3, 0.4) is 0 Å². The van der Waals surface area contributed by atoms with Gasteiger partial charge in [-0.05, 0) is 31.4 Å². The summed E-state index contributed by atoms with van der Waals surface area (Å²) in [6.07, 6.45) is 1.76. The molecule has 0 spiro atoms. The molecule has 2 rings (SSSR count). The van der Waals surface area contributed by atoms with Crippen LogP contribution in [-0.4, -0.2) is 22.0 Å². The fraction of sp³-hybridized carbons (Fsp3) is 0.417. The van der Waals surface area contributed by atoms with Gasteiger partial charge >= 0.3 is 5.97 Å². The predicted octanol–water partition coefficient (Wildman–Crippen LogP) is 2.91. The van der Waals surface area contributed by atoms with Crippen LogP contribution in [0.2, 0.25) is 5.02 Å². The largest absolute Gasteiger partial charge is 0.481 e. The summed E-state index contributed by atoms with van der Waals surface area (Å²) in [6, 6.07) is 4.35. The van der Waals surface area contributed by atoms with Crippen molar-refractivity contribution in [2.24, 2.45) is 5.92 Å². The number of hydrogen-bond acceptors (Lipinski definition) is 4. The lowest BCUT2D eigenvalue weighted by atomic mass is 10.1. The molecule has 1 aliphatic carbocycles. The third-order valence-electron chi connectivity index (χ3n) is 3.30. The number of aliphatic carboxylic acids is 1. The van der Waals surface area contributed by atoms with E-state index in [1.165, 1.54) is 6.07 Å². The molecule has 0 radical (unpaired) electrons. The summed E-state index contributed by atoms with van der Waals surface area (Å²) >= 11 is 5.73. The maximum Gasteiger partial charge on any atom is 0.306 e. The highest BCUT2D eigenvalue weighted by Crippen LogP contribution is 2.33. The van der Waals surface area contributed by atoms with Gasteiger partial charge in [-0.3, -0.25) is 14.9 Å². The van der Waals surface area contributed by atoms with Crippen molar-refractivity contribution in [2.75, 3.05) is 5.32 Å². The molecule has 0 saturated heterocycles. The summed E-state index contributed by atoms with van der Waals surface area (Å²) in [5.74, 6) is -1.18. The Bertz CT molecular complexity index is 520. The Labute approximate surface area is 114 Å². The smallest absolute Gasteiger partial charge is 0.306 e. The van der Waals surface area contributed by atoms with Gasteiger partial charge in [0.2, 0.25) is 0 Å². The lowest BCUT2D eigenvalue weighted by molar-refractivity contribution is -0.384. The molecule has 1 aliphatic rings. The highest BCUT2D eigenvalue weighted by molar-refractivity contribution is 6.30. The van der Waals surface area contributed by atoms with E-state index >= 15 is 0 Å². The quantitative estimate of drug-likeness (QED) is 0.655. The van der Waals surface area contributed by atoms with E-state index in [1.807, 2.05) is 0 Å². The van der Waals surface area contributed by atoms with E-state index in [-0.39, 0.29) is 17.6 Å². The van der Waals surface area contributed by atoms with Crippen molar-refractivity contribution in [3.63, 3.8) is 0 Å². The molecule has 19 heavy (non-hydrogen) atoms. The van der Waals surface area contributed by atoms with Gasteiger partial charge < -0.3 is 10.4 Å². The second kappa shape index (κ2) is 5.44. The first-order valence-electron chi connectivity index (χ1n) is 5.90. The van der Waals surface area contributed by atoms with Crippen molar-refractivity contribution in [3.8, 4) is 0 Å². The van der Waals surface area contributed by atoms with Crippen LogP contribution >= 0.6 is 11.6 Å². The standard InChI is InChI=1S/C12H13ClN2O4/c13-8-2-4-10(11(6-8)15(18)19)14-9-3-1-7(5-9)12(16)17/h2,4,6-7,9,14H,1,3,5H2,(H,16,17)/t7-,9+/m1/s1. The summed E-state index contributed by atoms with van der Waals surface area (Å²) < 4.78 is 0. The number of nitrogens with zero attached hydrogens (tertiary/aromatic N) is 1. The van der Waals surface area contributed by atoms with E-state index in [0.717, 1.165) is 0 Å². The van der Waals surface area contributed by atoms with E-state index < -0.39 is 10.9 Å². The number of carboxylic acid groups (broad SMARTS) is 1. The van der Waals surface area contributed by atoms with Crippen LogP contribution in [0.25, 0.3) is 0 Å². The molecular formula is C12H13ClN2O4. The predicted molar refractivity (Wildman–Crippen MR) is 70.5 cm³/mol. The number of hydrogen-bond donors (Lipinski definition) is 2. The molecule has 7 heteroatoms. The molecular weight excluding hydrogens is 272 g/mol. The number of halogens is 1. The molecule has 6 nitrogen and oxygen atoms in total. The molecule has 0 aromatic heterocycles. The topological polar surface area (TPSA) is 92.5 Å². The van der Waals surface area contributed by atoms with E-state index in [9.17, 15) is 14.9 Å². The van der Waals surface area contributed by atoms with Crippen molar-refractivity contribution in [3.05, 3.63) is 33.3 Å². The molecule has 0 aliphatic heterocycles. The number of carbonyl (C=O) groups is 1. The highest BCUT2D eigenvalue weighted by atomic mass is 35.5. The molecule has 2 N–H and O–H groups in total. The van der Waals surface area contributed by atoms with Gasteiger partial charge in [0, 0.05) is 17.1 Å². The lowest BCUT2D eigenvalue weighted by Gasteiger charge is -2.14. The van der Waals surface area contributed by atoms with Crippen molar-refractivity contribution >= 4 is 28.9 Å². The van der Waals surface area contributed by atoms with Crippen molar-refractivity contribution in [1.82, 2.24) is 0 Å². The number of anilines is 1. The second-order valence-electron chi connectivity index (χ2n) is 4.61. The van der Waals surface area contributed by atoms with Gasteiger partial charge in [0.25, 0.3) is 5.69 Å². The first-order valence-corrected chi connectivity index (χ1v) is 6.28. The number of rotatable bonds is 4. The lowest BCUT2D eigenvalue weighted by Crippen LogP contribution is -2.18. The minimum atomic E-state index is -0.810. The maximum absolute atomic E-state index is 10.9. The molecule has 2 atom stereocenters. The Morgan fingerprint density at radius 3 is 2.79 bits per heavy atom. The minimum Gasteiger partial charge on any atom is -0.481 e. The Balaban J connectivity index is 2.12. The van der Waals surface area contributed by atoms with Crippen LogP contribution in [0.15, 0.2) is 18.2 Å². The monoisotopic (exact) mass is 284 g/mol. The molecule has 0 unspecified atom stereocenters.